The Balaban J connectivity index is 2.23. The van der Waals surface area contributed by atoms with Crippen LogP contribution in [0.5, 0.6) is 0 Å². The first-order chi connectivity index (χ1) is 15.0. The predicted octanol–water partition coefficient (Wildman–Crippen LogP) is 4.17. The molecule has 32 heavy (non-hydrogen) atoms. The number of hydrogen-bond acceptors (Lipinski definition) is 4. The van der Waals surface area contributed by atoms with Gasteiger partial charge in [-0.2, -0.15) is 0 Å². The zero-order valence-corrected chi connectivity index (χ0v) is 20.4. The molecule has 0 aromatic heterocycles. The summed E-state index contributed by atoms with van der Waals surface area (Å²) in [5, 5.41) is 5.70. The lowest BCUT2D eigenvalue weighted by Crippen LogP contribution is -2.49. The highest BCUT2D eigenvalue weighted by molar-refractivity contribution is 5.90. The average molecular weight is 446 g/mol. The van der Waals surface area contributed by atoms with Crippen LogP contribution in [0.3, 0.4) is 0 Å². The molecule has 1 fully saturated rings. The smallest absolute Gasteiger partial charge is 0.408 e. The second kappa shape index (κ2) is 11.3. The van der Waals surface area contributed by atoms with Crippen LogP contribution in [-0.4, -0.2) is 47.5 Å². The fourth-order valence-corrected chi connectivity index (χ4v) is 4.23. The van der Waals surface area contributed by atoms with Crippen molar-refractivity contribution in [3.8, 4) is 0 Å². The van der Waals surface area contributed by atoms with E-state index >= 15 is 0 Å². The number of rotatable bonds is 7. The maximum Gasteiger partial charge on any atom is 0.408 e. The van der Waals surface area contributed by atoms with Gasteiger partial charge in [0.2, 0.25) is 11.8 Å². The number of benzene rings is 1. The second-order valence-corrected chi connectivity index (χ2v) is 9.70. The molecule has 1 aliphatic carbocycles. The number of carbonyl (C=O) groups is 3. The van der Waals surface area contributed by atoms with Crippen molar-refractivity contribution in [2.75, 3.05) is 13.1 Å². The van der Waals surface area contributed by atoms with Gasteiger partial charge in [0.25, 0.3) is 0 Å². The number of nitrogens with one attached hydrogen (secondary N) is 2. The summed E-state index contributed by atoms with van der Waals surface area (Å²) in [5.74, 6) is -0.504. The largest absolute Gasteiger partial charge is 0.444 e. The minimum atomic E-state index is -0.756. The van der Waals surface area contributed by atoms with Gasteiger partial charge in [-0.05, 0) is 59.9 Å². The van der Waals surface area contributed by atoms with Crippen LogP contribution in [0.4, 0.5) is 4.79 Å². The van der Waals surface area contributed by atoms with E-state index in [0.717, 1.165) is 42.4 Å². The van der Waals surface area contributed by atoms with Crippen molar-refractivity contribution in [3.05, 3.63) is 34.9 Å². The maximum absolute atomic E-state index is 13.4. The van der Waals surface area contributed by atoms with E-state index in [-0.39, 0.29) is 24.4 Å². The summed E-state index contributed by atoms with van der Waals surface area (Å²) in [6.07, 6.45) is 4.68. The van der Waals surface area contributed by atoms with Crippen LogP contribution in [0.25, 0.3) is 0 Å². The molecule has 0 saturated heterocycles. The predicted molar refractivity (Wildman–Crippen MR) is 125 cm³/mol. The van der Waals surface area contributed by atoms with E-state index in [1.165, 1.54) is 11.3 Å². The molecule has 2 rings (SSSR count). The highest BCUT2D eigenvalue weighted by atomic mass is 16.6. The molecule has 1 aliphatic rings. The zero-order valence-electron chi connectivity index (χ0n) is 20.4. The number of amides is 3. The first-order valence-corrected chi connectivity index (χ1v) is 11.6. The van der Waals surface area contributed by atoms with E-state index in [1.807, 2.05) is 39.0 Å². The molecule has 3 amide bonds. The van der Waals surface area contributed by atoms with Crippen LogP contribution in [0.2, 0.25) is 0 Å². The Labute approximate surface area is 192 Å². The van der Waals surface area contributed by atoms with Crippen molar-refractivity contribution < 1.29 is 19.1 Å². The van der Waals surface area contributed by atoms with Crippen LogP contribution >= 0.6 is 0 Å². The van der Waals surface area contributed by atoms with E-state index in [4.69, 9.17) is 4.74 Å². The molecule has 1 aromatic rings. The molecular weight excluding hydrogens is 406 g/mol. The number of aryl methyl sites for hydroxylation is 2. The number of alkyl carbamates (subject to hydrolysis) is 1. The SMILES string of the molecule is CCN(C(=O)CNC(=O)OC(C)(C)C)C(C(=O)NC1CCCCC1)c1cc(C)cc(C)c1. The Morgan fingerprint density at radius 2 is 1.66 bits per heavy atom. The van der Waals surface area contributed by atoms with Crippen molar-refractivity contribution >= 4 is 17.9 Å². The van der Waals surface area contributed by atoms with Crippen molar-refractivity contribution in [1.29, 1.82) is 0 Å². The van der Waals surface area contributed by atoms with Gasteiger partial charge < -0.3 is 20.3 Å². The quantitative estimate of drug-likeness (QED) is 0.659. The number of carbonyl (C=O) groups excluding carboxylic acids is 3. The van der Waals surface area contributed by atoms with E-state index in [1.54, 1.807) is 20.8 Å². The number of ether oxygens (including phenoxy) is 1. The molecule has 0 spiro atoms. The molecule has 1 atom stereocenters. The third kappa shape index (κ3) is 7.84. The Hall–Kier alpha value is -2.57. The van der Waals surface area contributed by atoms with Crippen LogP contribution < -0.4 is 10.6 Å². The third-order valence-corrected chi connectivity index (χ3v) is 5.52. The number of likely N-dealkylation sites (N-methyl/N-ethyl adjacent to an activating group) is 1. The van der Waals surface area contributed by atoms with Gasteiger partial charge >= 0.3 is 6.09 Å². The zero-order chi connectivity index (χ0) is 23.9. The van der Waals surface area contributed by atoms with Crippen molar-refractivity contribution in [1.82, 2.24) is 15.5 Å². The van der Waals surface area contributed by atoms with Crippen LogP contribution in [0.1, 0.15) is 82.5 Å². The lowest BCUT2D eigenvalue weighted by Gasteiger charge is -2.33. The van der Waals surface area contributed by atoms with E-state index in [2.05, 4.69) is 10.6 Å². The van der Waals surface area contributed by atoms with Gasteiger partial charge in [0.15, 0.2) is 0 Å². The third-order valence-electron chi connectivity index (χ3n) is 5.52. The Morgan fingerprint density at radius 3 is 2.19 bits per heavy atom. The fourth-order valence-electron chi connectivity index (χ4n) is 4.23. The van der Waals surface area contributed by atoms with E-state index in [9.17, 15) is 14.4 Å². The summed E-state index contributed by atoms with van der Waals surface area (Å²) in [7, 11) is 0. The second-order valence-electron chi connectivity index (χ2n) is 9.70. The van der Waals surface area contributed by atoms with E-state index in [0.29, 0.717) is 6.54 Å². The topological polar surface area (TPSA) is 87.7 Å². The van der Waals surface area contributed by atoms with Gasteiger partial charge in [-0.1, -0.05) is 48.6 Å². The Bertz CT molecular complexity index is 790. The van der Waals surface area contributed by atoms with Gasteiger partial charge in [0, 0.05) is 12.6 Å². The highest BCUT2D eigenvalue weighted by Crippen LogP contribution is 2.25. The van der Waals surface area contributed by atoms with Crippen LogP contribution in [0, 0.1) is 13.8 Å². The number of hydrogen-bond donors (Lipinski definition) is 2. The van der Waals surface area contributed by atoms with Crippen molar-refractivity contribution in [2.45, 2.75) is 91.3 Å². The van der Waals surface area contributed by atoms with Crippen LogP contribution in [-0.2, 0) is 14.3 Å². The van der Waals surface area contributed by atoms with Gasteiger partial charge in [-0.25, -0.2) is 4.79 Å². The maximum atomic E-state index is 13.4. The van der Waals surface area contributed by atoms with Crippen molar-refractivity contribution in [3.63, 3.8) is 0 Å². The highest BCUT2D eigenvalue weighted by Gasteiger charge is 2.32. The Morgan fingerprint density at radius 1 is 1.06 bits per heavy atom. The molecule has 2 N–H and O–H groups in total. The van der Waals surface area contributed by atoms with Gasteiger partial charge in [0.1, 0.15) is 18.2 Å². The lowest BCUT2D eigenvalue weighted by atomic mass is 9.94. The standard InChI is InChI=1S/C25H39N3O4/c1-7-28(21(29)16-26-24(31)32-25(4,5)6)22(19-14-17(2)13-18(3)15-19)23(30)27-20-11-9-8-10-12-20/h13-15,20,22H,7-12,16H2,1-6H3,(H,26,31)(H,27,30). The summed E-state index contributed by atoms with van der Waals surface area (Å²) in [5.41, 5.74) is 2.19. The minimum Gasteiger partial charge on any atom is -0.444 e. The molecular formula is C25H39N3O4. The molecule has 0 radical (unpaired) electrons. The molecule has 178 valence electrons. The average Bonchev–Trinajstić information content (AvgIpc) is 2.68. The van der Waals surface area contributed by atoms with Crippen molar-refractivity contribution in [2.24, 2.45) is 0 Å². The first-order valence-electron chi connectivity index (χ1n) is 11.6. The molecule has 0 aliphatic heterocycles. The van der Waals surface area contributed by atoms with Gasteiger partial charge in [-0.15, -0.1) is 0 Å². The fraction of sp³-hybridized carbons (Fsp3) is 0.640. The summed E-state index contributed by atoms with van der Waals surface area (Å²) in [6, 6.07) is 5.33. The molecule has 0 bridgehead atoms. The number of nitrogens with zero attached hydrogens (tertiary/aromatic N) is 1. The molecule has 1 aromatic carbocycles. The minimum absolute atomic E-state index is 0.137. The van der Waals surface area contributed by atoms with E-state index < -0.39 is 17.7 Å². The summed E-state index contributed by atoms with van der Waals surface area (Å²) in [6.45, 7) is 11.2. The normalized spacial score (nSPS) is 15.6. The molecule has 7 heteroatoms. The molecule has 7 nitrogen and oxygen atoms in total. The molecule has 0 heterocycles. The van der Waals surface area contributed by atoms with Crippen LogP contribution in [0.15, 0.2) is 18.2 Å². The van der Waals surface area contributed by atoms with Gasteiger partial charge in [-0.3, -0.25) is 9.59 Å². The first kappa shape index (κ1) is 25.7. The molecule has 1 unspecified atom stereocenters. The summed E-state index contributed by atoms with van der Waals surface area (Å²) in [4.78, 5) is 40.1. The summed E-state index contributed by atoms with van der Waals surface area (Å²) < 4.78 is 5.23. The Kier molecular flexibility index (Phi) is 9.10. The lowest BCUT2D eigenvalue weighted by molar-refractivity contribution is -0.140. The van der Waals surface area contributed by atoms with Gasteiger partial charge in [0.05, 0.1) is 0 Å². The monoisotopic (exact) mass is 445 g/mol. The molecule has 1 saturated carbocycles. The summed E-state index contributed by atoms with van der Waals surface area (Å²) >= 11 is 0.